The van der Waals surface area contributed by atoms with Gasteiger partial charge in [0.25, 0.3) is 11.8 Å². The second kappa shape index (κ2) is 10.0. The Kier molecular flexibility index (Phi) is 6.66. The molecular formula is C25H26N4O4S. The van der Waals surface area contributed by atoms with Gasteiger partial charge in [-0.15, -0.1) is 11.8 Å². The number of nitrogens with zero attached hydrogens (tertiary/aromatic N) is 3. The van der Waals surface area contributed by atoms with E-state index in [1.54, 1.807) is 29.8 Å². The van der Waals surface area contributed by atoms with Gasteiger partial charge in [-0.3, -0.25) is 9.59 Å². The maximum Gasteiger partial charge on any atom is 0.274 e. The first-order valence-electron chi connectivity index (χ1n) is 11.3. The van der Waals surface area contributed by atoms with Crippen LogP contribution in [0.25, 0.3) is 16.9 Å². The van der Waals surface area contributed by atoms with Crippen LogP contribution in [0.1, 0.15) is 26.4 Å². The Labute approximate surface area is 202 Å². The number of nitrogens with one attached hydrogen (secondary N) is 1. The van der Waals surface area contributed by atoms with Gasteiger partial charge in [0.1, 0.15) is 0 Å². The quantitative estimate of drug-likeness (QED) is 0.549. The summed E-state index contributed by atoms with van der Waals surface area (Å²) in [5.41, 5.74) is 4.60. The summed E-state index contributed by atoms with van der Waals surface area (Å²) in [6, 6.07) is 15.5. The number of hydrogen-bond donors (Lipinski definition) is 1. The van der Waals surface area contributed by atoms with Crippen molar-refractivity contribution in [1.82, 2.24) is 20.0 Å². The average Bonchev–Trinajstić information content (AvgIpc) is 3.29. The number of carbonyl (C=O) groups excluding carboxylic acids is 2. The minimum atomic E-state index is -0.180. The Morgan fingerprint density at radius 2 is 1.97 bits per heavy atom. The van der Waals surface area contributed by atoms with Crippen LogP contribution in [0.4, 0.5) is 0 Å². The number of aromatic nitrogens is 2. The summed E-state index contributed by atoms with van der Waals surface area (Å²) in [5.74, 6) is 0.404. The number of fused-ring (bicyclic) bond motifs is 3. The Bertz CT molecular complexity index is 1220. The molecule has 0 spiro atoms. The van der Waals surface area contributed by atoms with Crippen LogP contribution in [0.15, 0.2) is 53.4 Å². The zero-order valence-electron chi connectivity index (χ0n) is 19.0. The molecule has 3 heterocycles. The van der Waals surface area contributed by atoms with E-state index in [1.807, 2.05) is 35.0 Å². The number of rotatable bonds is 6. The van der Waals surface area contributed by atoms with Crippen LogP contribution in [0.5, 0.6) is 0 Å². The van der Waals surface area contributed by atoms with Gasteiger partial charge in [-0.05, 0) is 24.3 Å². The molecule has 8 nitrogen and oxygen atoms in total. The minimum absolute atomic E-state index is 0.0771. The third-order valence-electron chi connectivity index (χ3n) is 5.94. The van der Waals surface area contributed by atoms with Gasteiger partial charge in [-0.2, -0.15) is 5.10 Å². The third kappa shape index (κ3) is 4.34. The molecule has 1 saturated heterocycles. The number of morpholine rings is 1. The van der Waals surface area contributed by atoms with Crippen LogP contribution in [0.2, 0.25) is 0 Å². The van der Waals surface area contributed by atoms with Crippen molar-refractivity contribution in [3.05, 3.63) is 65.4 Å². The summed E-state index contributed by atoms with van der Waals surface area (Å²) < 4.78 is 12.3. The number of amides is 2. The van der Waals surface area contributed by atoms with Crippen LogP contribution in [-0.2, 0) is 15.2 Å². The summed E-state index contributed by atoms with van der Waals surface area (Å²) in [4.78, 5) is 29.1. The molecule has 176 valence electrons. The van der Waals surface area contributed by atoms with Gasteiger partial charge in [0.2, 0.25) is 0 Å². The zero-order valence-corrected chi connectivity index (χ0v) is 19.8. The van der Waals surface area contributed by atoms with Crippen molar-refractivity contribution in [2.45, 2.75) is 10.6 Å². The van der Waals surface area contributed by atoms with Crippen molar-refractivity contribution < 1.29 is 19.1 Å². The van der Waals surface area contributed by atoms with Crippen molar-refractivity contribution in [3.63, 3.8) is 0 Å². The molecule has 1 aromatic heterocycles. The predicted octanol–water partition coefficient (Wildman–Crippen LogP) is 2.99. The fourth-order valence-electron chi connectivity index (χ4n) is 4.22. The summed E-state index contributed by atoms with van der Waals surface area (Å²) in [6.45, 7) is 3.06. The van der Waals surface area contributed by atoms with E-state index in [1.165, 1.54) is 0 Å². The van der Waals surface area contributed by atoms with Crippen LogP contribution in [0.3, 0.4) is 0 Å². The topological polar surface area (TPSA) is 85.7 Å². The monoisotopic (exact) mass is 478 g/mol. The smallest absolute Gasteiger partial charge is 0.274 e. The van der Waals surface area contributed by atoms with Gasteiger partial charge < -0.3 is 19.7 Å². The van der Waals surface area contributed by atoms with E-state index in [0.717, 1.165) is 27.4 Å². The van der Waals surface area contributed by atoms with Gasteiger partial charge in [-0.1, -0.05) is 24.3 Å². The molecule has 9 heteroatoms. The molecule has 2 amide bonds. The van der Waals surface area contributed by atoms with Crippen molar-refractivity contribution in [3.8, 4) is 16.9 Å². The van der Waals surface area contributed by atoms with E-state index in [0.29, 0.717) is 56.5 Å². The number of ether oxygens (including phenoxy) is 2. The lowest BCUT2D eigenvalue weighted by Crippen LogP contribution is -2.41. The molecule has 0 unspecified atom stereocenters. The Balaban J connectivity index is 1.58. The Morgan fingerprint density at radius 3 is 2.79 bits per heavy atom. The summed E-state index contributed by atoms with van der Waals surface area (Å²) in [7, 11) is 1.60. The van der Waals surface area contributed by atoms with Crippen molar-refractivity contribution in [2.75, 3.05) is 46.6 Å². The molecule has 34 heavy (non-hydrogen) atoms. The molecule has 2 aromatic carbocycles. The number of hydrogen-bond acceptors (Lipinski definition) is 6. The maximum absolute atomic E-state index is 13.5. The minimum Gasteiger partial charge on any atom is -0.383 e. The maximum atomic E-state index is 13.5. The standard InChI is InChI=1S/C25H26N4O4S/c1-32-12-9-26-24(30)17-5-4-6-18(15-17)29-23-19-7-2-3-8-21(19)34-16-20(23)22(27-29)25(31)28-10-13-33-14-11-28/h2-8,15H,9-14,16H2,1H3,(H,26,30). The largest absolute Gasteiger partial charge is 0.383 e. The van der Waals surface area contributed by atoms with E-state index < -0.39 is 0 Å². The molecule has 2 aliphatic rings. The normalized spacial score (nSPS) is 14.9. The van der Waals surface area contributed by atoms with Crippen molar-refractivity contribution in [1.29, 1.82) is 0 Å². The molecule has 1 fully saturated rings. The van der Waals surface area contributed by atoms with Crippen LogP contribution < -0.4 is 5.32 Å². The van der Waals surface area contributed by atoms with Gasteiger partial charge in [-0.25, -0.2) is 4.68 Å². The lowest BCUT2D eigenvalue weighted by atomic mass is 10.0. The SMILES string of the molecule is COCCNC(=O)c1cccc(-n2nc(C(=O)N3CCOCC3)c3c2-c2ccccc2SC3)c1. The Hall–Kier alpha value is -3.14. The first-order valence-corrected chi connectivity index (χ1v) is 12.2. The van der Waals surface area contributed by atoms with Crippen molar-refractivity contribution >= 4 is 23.6 Å². The van der Waals surface area contributed by atoms with Crippen LogP contribution in [0, 0.1) is 0 Å². The van der Waals surface area contributed by atoms with E-state index in [2.05, 4.69) is 17.4 Å². The number of thioether (sulfide) groups is 1. The molecule has 5 rings (SSSR count). The molecule has 0 aliphatic carbocycles. The fraction of sp³-hybridized carbons (Fsp3) is 0.320. The average molecular weight is 479 g/mol. The summed E-state index contributed by atoms with van der Waals surface area (Å²) in [6.07, 6.45) is 0. The Morgan fingerprint density at radius 1 is 1.15 bits per heavy atom. The van der Waals surface area contributed by atoms with E-state index in [9.17, 15) is 9.59 Å². The number of benzene rings is 2. The lowest BCUT2D eigenvalue weighted by molar-refractivity contribution is 0.0298. The van der Waals surface area contributed by atoms with Gasteiger partial charge in [0.15, 0.2) is 5.69 Å². The molecule has 3 aromatic rings. The number of carbonyl (C=O) groups is 2. The van der Waals surface area contributed by atoms with Gasteiger partial charge >= 0.3 is 0 Å². The highest BCUT2D eigenvalue weighted by Gasteiger charge is 2.32. The summed E-state index contributed by atoms with van der Waals surface area (Å²) >= 11 is 1.71. The molecule has 0 saturated carbocycles. The predicted molar refractivity (Wildman–Crippen MR) is 129 cm³/mol. The molecule has 0 radical (unpaired) electrons. The second-order valence-electron chi connectivity index (χ2n) is 8.08. The van der Waals surface area contributed by atoms with Crippen LogP contribution in [-0.4, -0.2) is 73.1 Å². The van der Waals surface area contributed by atoms with E-state index >= 15 is 0 Å². The molecule has 0 bridgehead atoms. The van der Waals surface area contributed by atoms with Gasteiger partial charge in [0, 0.05) is 54.1 Å². The second-order valence-corrected chi connectivity index (χ2v) is 9.09. The van der Waals surface area contributed by atoms with Crippen molar-refractivity contribution in [2.24, 2.45) is 0 Å². The van der Waals surface area contributed by atoms with Gasteiger partial charge in [0.05, 0.1) is 31.2 Å². The molecular weight excluding hydrogens is 452 g/mol. The highest BCUT2D eigenvalue weighted by Crippen LogP contribution is 2.43. The first kappa shape index (κ1) is 22.6. The molecule has 1 N–H and O–H groups in total. The van der Waals surface area contributed by atoms with E-state index in [-0.39, 0.29) is 11.8 Å². The number of methoxy groups -OCH3 is 1. The summed E-state index contributed by atoms with van der Waals surface area (Å²) in [5, 5.41) is 7.68. The molecule has 0 atom stereocenters. The third-order valence-corrected chi connectivity index (χ3v) is 7.04. The zero-order chi connectivity index (χ0) is 23.5. The highest BCUT2D eigenvalue weighted by atomic mass is 32.2. The highest BCUT2D eigenvalue weighted by molar-refractivity contribution is 7.98. The van der Waals surface area contributed by atoms with E-state index in [4.69, 9.17) is 14.6 Å². The first-order chi connectivity index (χ1) is 16.7. The molecule has 2 aliphatic heterocycles. The fourth-order valence-corrected chi connectivity index (χ4v) is 5.29. The van der Waals surface area contributed by atoms with Crippen LogP contribution >= 0.6 is 11.8 Å². The lowest BCUT2D eigenvalue weighted by Gasteiger charge is -2.26.